The molecule has 1 aliphatic heterocycles. The molecule has 0 saturated carbocycles. The number of benzene rings is 1. The molecule has 0 aliphatic carbocycles. The Hall–Kier alpha value is -1.75. The Bertz CT molecular complexity index is 515. The monoisotopic (exact) mass is 332 g/mol. The van der Waals surface area contributed by atoms with Crippen LogP contribution in [-0.4, -0.2) is 50.2 Å². The zero-order valence-electron chi connectivity index (χ0n) is 15.3. The van der Waals surface area contributed by atoms with E-state index >= 15 is 0 Å². The van der Waals surface area contributed by atoms with E-state index in [1.54, 1.807) is 7.11 Å². The number of nitrogens with one attached hydrogen (secondary N) is 1. The fourth-order valence-electron chi connectivity index (χ4n) is 3.30. The topological polar surface area (TPSA) is 62.9 Å². The number of likely N-dealkylation sites (N-methyl/N-ethyl adjacent to an activating group) is 1. The van der Waals surface area contributed by atoms with Crippen LogP contribution in [0.4, 0.5) is 0 Å². The molecule has 1 aromatic rings. The lowest BCUT2D eigenvalue weighted by molar-refractivity contribution is 0.267. The van der Waals surface area contributed by atoms with Gasteiger partial charge in [-0.25, -0.2) is 0 Å². The van der Waals surface area contributed by atoms with E-state index < -0.39 is 0 Å². The zero-order valence-corrected chi connectivity index (χ0v) is 15.3. The predicted octanol–water partition coefficient (Wildman–Crippen LogP) is 2.26. The van der Waals surface area contributed by atoms with Crippen molar-refractivity contribution in [3.05, 3.63) is 29.8 Å². The normalized spacial score (nSPS) is 20.1. The lowest BCUT2D eigenvalue weighted by Gasteiger charge is -2.23. The van der Waals surface area contributed by atoms with Crippen LogP contribution in [0, 0.1) is 5.92 Å². The van der Waals surface area contributed by atoms with Gasteiger partial charge in [-0.05, 0) is 56.0 Å². The molecule has 0 radical (unpaired) electrons. The van der Waals surface area contributed by atoms with Gasteiger partial charge in [0.2, 0.25) is 0 Å². The van der Waals surface area contributed by atoms with Crippen LogP contribution in [0.25, 0.3) is 0 Å². The average Bonchev–Trinajstić information content (AvgIpc) is 3.06. The van der Waals surface area contributed by atoms with E-state index in [0.29, 0.717) is 17.9 Å². The van der Waals surface area contributed by atoms with E-state index in [-0.39, 0.29) is 0 Å². The molecule has 0 aromatic heterocycles. The number of likely N-dealkylation sites (tertiary alicyclic amines) is 1. The van der Waals surface area contributed by atoms with Gasteiger partial charge >= 0.3 is 0 Å². The maximum Gasteiger partial charge on any atom is 0.188 e. The summed E-state index contributed by atoms with van der Waals surface area (Å²) in [6.45, 7) is 8.39. The summed E-state index contributed by atoms with van der Waals surface area (Å²) in [5.74, 6) is 1.92. The fraction of sp³-hybridized carbons (Fsp3) is 0.632. The van der Waals surface area contributed by atoms with Crippen molar-refractivity contribution in [1.29, 1.82) is 0 Å². The molecule has 1 saturated heterocycles. The van der Waals surface area contributed by atoms with Crippen LogP contribution >= 0.6 is 0 Å². The van der Waals surface area contributed by atoms with Gasteiger partial charge in [0.25, 0.3) is 0 Å². The first-order valence-corrected chi connectivity index (χ1v) is 9.03. The summed E-state index contributed by atoms with van der Waals surface area (Å²) in [5.41, 5.74) is 7.32. The molecule has 1 aromatic carbocycles. The number of guanidine groups is 1. The third-order valence-corrected chi connectivity index (χ3v) is 4.74. The smallest absolute Gasteiger partial charge is 0.188 e. The Kier molecular flexibility index (Phi) is 7.37. The number of methoxy groups -OCH3 is 1. The van der Waals surface area contributed by atoms with E-state index in [1.807, 2.05) is 12.1 Å². The lowest BCUT2D eigenvalue weighted by atomic mass is 10.0. The number of hydrogen-bond donors (Lipinski definition) is 2. The second-order valence-electron chi connectivity index (χ2n) is 6.69. The van der Waals surface area contributed by atoms with Gasteiger partial charge in [0, 0.05) is 19.1 Å². The van der Waals surface area contributed by atoms with E-state index in [4.69, 9.17) is 10.5 Å². The molecule has 2 rings (SSSR count). The summed E-state index contributed by atoms with van der Waals surface area (Å²) in [4.78, 5) is 7.01. The van der Waals surface area contributed by atoms with E-state index in [9.17, 15) is 0 Å². The molecule has 1 aliphatic rings. The molecule has 5 heteroatoms. The molecular formula is C19H32N4O. The van der Waals surface area contributed by atoms with Crippen LogP contribution < -0.4 is 15.8 Å². The summed E-state index contributed by atoms with van der Waals surface area (Å²) in [6, 6.07) is 8.82. The SMILES string of the molecule is CCN1CCCC1CNC(N)=NCC(C)Cc1ccc(OC)cc1. The van der Waals surface area contributed by atoms with Crippen molar-refractivity contribution in [3.8, 4) is 5.75 Å². The van der Waals surface area contributed by atoms with Crippen molar-refractivity contribution in [2.45, 2.75) is 39.2 Å². The summed E-state index contributed by atoms with van der Waals surface area (Å²) < 4.78 is 5.19. The number of nitrogens with zero attached hydrogens (tertiary/aromatic N) is 2. The minimum absolute atomic E-state index is 0.456. The van der Waals surface area contributed by atoms with Gasteiger partial charge < -0.3 is 15.8 Å². The van der Waals surface area contributed by atoms with Crippen LogP contribution in [0.2, 0.25) is 0 Å². The summed E-state index contributed by atoms with van der Waals surface area (Å²) in [6.07, 6.45) is 3.53. The number of nitrogens with two attached hydrogens (primary N) is 1. The Morgan fingerprint density at radius 3 is 2.83 bits per heavy atom. The summed E-state index contributed by atoms with van der Waals surface area (Å²) in [5, 5.41) is 3.29. The average molecular weight is 332 g/mol. The summed E-state index contributed by atoms with van der Waals surface area (Å²) >= 11 is 0. The van der Waals surface area contributed by atoms with Gasteiger partial charge in [-0.1, -0.05) is 26.0 Å². The molecule has 2 unspecified atom stereocenters. The zero-order chi connectivity index (χ0) is 17.4. The first kappa shape index (κ1) is 18.6. The predicted molar refractivity (Wildman–Crippen MR) is 101 cm³/mol. The largest absolute Gasteiger partial charge is 0.497 e. The van der Waals surface area contributed by atoms with Gasteiger partial charge in [-0.3, -0.25) is 9.89 Å². The Morgan fingerprint density at radius 1 is 1.42 bits per heavy atom. The molecule has 134 valence electrons. The molecular weight excluding hydrogens is 300 g/mol. The number of ether oxygens (including phenoxy) is 1. The highest BCUT2D eigenvalue weighted by atomic mass is 16.5. The Labute approximate surface area is 146 Å². The number of rotatable bonds is 8. The first-order chi connectivity index (χ1) is 11.6. The van der Waals surface area contributed by atoms with Crippen LogP contribution in [0.1, 0.15) is 32.3 Å². The van der Waals surface area contributed by atoms with Gasteiger partial charge in [-0.2, -0.15) is 0 Å². The minimum atomic E-state index is 0.456. The maximum absolute atomic E-state index is 6.02. The number of aliphatic imine (C=N–C) groups is 1. The van der Waals surface area contributed by atoms with Crippen molar-refractivity contribution >= 4 is 5.96 Å². The maximum atomic E-state index is 6.02. The minimum Gasteiger partial charge on any atom is -0.497 e. The second-order valence-corrected chi connectivity index (χ2v) is 6.69. The first-order valence-electron chi connectivity index (χ1n) is 9.03. The molecule has 1 heterocycles. The molecule has 0 amide bonds. The third kappa shape index (κ3) is 5.71. The lowest BCUT2D eigenvalue weighted by Crippen LogP contribution is -2.42. The van der Waals surface area contributed by atoms with Gasteiger partial charge in [0.15, 0.2) is 5.96 Å². The number of hydrogen-bond acceptors (Lipinski definition) is 3. The standard InChI is InChI=1S/C19H32N4O/c1-4-23-11-5-6-17(23)14-22-19(20)21-13-15(2)12-16-7-9-18(24-3)10-8-16/h7-10,15,17H,4-6,11-14H2,1-3H3,(H3,20,21,22). The Balaban J connectivity index is 1.72. The highest BCUT2D eigenvalue weighted by molar-refractivity contribution is 5.77. The highest BCUT2D eigenvalue weighted by Crippen LogP contribution is 2.16. The van der Waals surface area contributed by atoms with E-state index in [1.165, 1.54) is 24.9 Å². The highest BCUT2D eigenvalue weighted by Gasteiger charge is 2.22. The van der Waals surface area contributed by atoms with Gasteiger partial charge in [0.05, 0.1) is 7.11 Å². The van der Waals surface area contributed by atoms with Crippen molar-refractivity contribution < 1.29 is 4.74 Å². The van der Waals surface area contributed by atoms with Gasteiger partial charge in [-0.15, -0.1) is 0 Å². The van der Waals surface area contributed by atoms with Crippen molar-refractivity contribution in [1.82, 2.24) is 10.2 Å². The molecule has 1 fully saturated rings. The van der Waals surface area contributed by atoms with Crippen LogP contribution in [0.15, 0.2) is 29.3 Å². The van der Waals surface area contributed by atoms with Gasteiger partial charge in [0.1, 0.15) is 5.75 Å². The molecule has 24 heavy (non-hydrogen) atoms. The third-order valence-electron chi connectivity index (χ3n) is 4.74. The van der Waals surface area contributed by atoms with Crippen LogP contribution in [0.5, 0.6) is 5.75 Å². The van der Waals surface area contributed by atoms with Crippen LogP contribution in [-0.2, 0) is 6.42 Å². The second kappa shape index (κ2) is 9.52. The molecule has 2 atom stereocenters. The van der Waals surface area contributed by atoms with Crippen molar-refractivity contribution in [2.24, 2.45) is 16.6 Å². The molecule has 5 nitrogen and oxygen atoms in total. The van der Waals surface area contributed by atoms with Crippen molar-refractivity contribution in [2.75, 3.05) is 33.3 Å². The fourth-order valence-corrected chi connectivity index (χ4v) is 3.30. The van der Waals surface area contributed by atoms with Crippen LogP contribution in [0.3, 0.4) is 0 Å². The van der Waals surface area contributed by atoms with E-state index in [2.05, 4.69) is 41.2 Å². The molecule has 3 N–H and O–H groups in total. The van der Waals surface area contributed by atoms with Crippen molar-refractivity contribution in [3.63, 3.8) is 0 Å². The summed E-state index contributed by atoms with van der Waals surface area (Å²) in [7, 11) is 1.69. The molecule has 0 bridgehead atoms. The Morgan fingerprint density at radius 2 is 2.17 bits per heavy atom. The van der Waals surface area contributed by atoms with E-state index in [0.717, 1.165) is 31.8 Å². The quantitative estimate of drug-likeness (QED) is 0.566. The molecule has 0 spiro atoms.